The second-order valence-corrected chi connectivity index (χ2v) is 8.29. The van der Waals surface area contributed by atoms with Crippen LogP contribution in [0.5, 0.6) is 0 Å². The van der Waals surface area contributed by atoms with Gasteiger partial charge in [0.15, 0.2) is 0 Å². The lowest BCUT2D eigenvalue weighted by Gasteiger charge is -2.09. The highest BCUT2D eigenvalue weighted by Gasteiger charge is 2.21. The third kappa shape index (κ3) is 2.10. The number of hydrogen-bond acceptors (Lipinski definition) is 2. The molecule has 2 aromatic carbocycles. The number of nitrogens with zero attached hydrogens (tertiary/aromatic N) is 1. The number of aromatic nitrogens is 1. The first kappa shape index (κ1) is 14.6. The highest BCUT2D eigenvalue weighted by Crippen LogP contribution is 2.37. The van der Waals surface area contributed by atoms with Gasteiger partial charge in [0.05, 0.1) is 17.3 Å². The summed E-state index contributed by atoms with van der Waals surface area (Å²) in [5.41, 5.74) is 4.73. The van der Waals surface area contributed by atoms with Crippen LogP contribution >= 0.6 is 15.9 Å². The molecule has 0 aliphatic rings. The van der Waals surface area contributed by atoms with E-state index in [9.17, 15) is 8.42 Å². The number of aryl methyl sites for hydroxylation is 3. The van der Waals surface area contributed by atoms with E-state index in [1.807, 2.05) is 39.0 Å². The first-order valence-electron chi connectivity index (χ1n) is 6.63. The van der Waals surface area contributed by atoms with Crippen LogP contribution in [-0.4, -0.2) is 18.6 Å². The standard InChI is InChI=1S/C16H16BrNO2S/c1-9-7-10(2)15-13-8-12(17)5-6-14(13)18(21(4,19)20)16(15)11(9)3/h5-8H,1-4H3. The number of hydrogen-bond donors (Lipinski definition) is 0. The van der Waals surface area contributed by atoms with E-state index in [0.29, 0.717) is 0 Å². The van der Waals surface area contributed by atoms with Gasteiger partial charge in [-0.25, -0.2) is 12.4 Å². The summed E-state index contributed by atoms with van der Waals surface area (Å²) in [6, 6.07) is 7.83. The highest BCUT2D eigenvalue weighted by atomic mass is 79.9. The Kier molecular flexibility index (Phi) is 3.19. The molecule has 0 bridgehead atoms. The van der Waals surface area contributed by atoms with E-state index in [1.54, 1.807) is 0 Å². The monoisotopic (exact) mass is 365 g/mol. The Morgan fingerprint density at radius 2 is 1.71 bits per heavy atom. The molecule has 110 valence electrons. The van der Waals surface area contributed by atoms with Crippen LogP contribution in [0.25, 0.3) is 21.8 Å². The van der Waals surface area contributed by atoms with E-state index < -0.39 is 10.0 Å². The summed E-state index contributed by atoms with van der Waals surface area (Å²) >= 11 is 3.48. The lowest BCUT2D eigenvalue weighted by Crippen LogP contribution is -2.10. The van der Waals surface area contributed by atoms with E-state index in [-0.39, 0.29) is 0 Å². The van der Waals surface area contributed by atoms with Crippen LogP contribution in [0.2, 0.25) is 0 Å². The molecule has 0 amide bonds. The molecule has 0 atom stereocenters. The predicted molar refractivity (Wildman–Crippen MR) is 91.6 cm³/mol. The molecule has 0 saturated heterocycles. The molecule has 0 radical (unpaired) electrons. The van der Waals surface area contributed by atoms with E-state index >= 15 is 0 Å². The molecular formula is C16H16BrNO2S. The summed E-state index contributed by atoms with van der Waals surface area (Å²) in [5, 5.41) is 1.98. The molecule has 0 fully saturated rings. The van der Waals surface area contributed by atoms with Crippen LogP contribution in [0.15, 0.2) is 28.7 Å². The molecule has 3 aromatic rings. The summed E-state index contributed by atoms with van der Waals surface area (Å²) in [5.74, 6) is 0. The predicted octanol–water partition coefficient (Wildman–Crippen LogP) is 4.29. The fraction of sp³-hybridized carbons (Fsp3) is 0.250. The van der Waals surface area contributed by atoms with Crippen LogP contribution in [0, 0.1) is 20.8 Å². The Morgan fingerprint density at radius 1 is 1.05 bits per heavy atom. The zero-order valence-corrected chi connectivity index (χ0v) is 14.8. The minimum atomic E-state index is -3.38. The van der Waals surface area contributed by atoms with Gasteiger partial charge in [0.2, 0.25) is 10.0 Å². The third-order valence-corrected chi connectivity index (χ3v) is 5.53. The van der Waals surface area contributed by atoms with Crippen molar-refractivity contribution in [3.63, 3.8) is 0 Å². The maximum absolute atomic E-state index is 12.3. The molecule has 0 unspecified atom stereocenters. The first-order chi connectivity index (χ1) is 9.71. The molecule has 3 rings (SSSR count). The number of rotatable bonds is 1. The summed E-state index contributed by atoms with van der Waals surface area (Å²) in [6.07, 6.45) is 1.25. The average Bonchev–Trinajstić information content (AvgIpc) is 2.70. The number of fused-ring (bicyclic) bond motifs is 3. The summed E-state index contributed by atoms with van der Waals surface area (Å²) in [6.45, 7) is 6.02. The zero-order valence-electron chi connectivity index (χ0n) is 12.4. The van der Waals surface area contributed by atoms with Gasteiger partial charge in [-0.3, -0.25) is 0 Å². The van der Waals surface area contributed by atoms with Crippen LogP contribution in [-0.2, 0) is 10.0 Å². The van der Waals surface area contributed by atoms with E-state index in [2.05, 4.69) is 22.0 Å². The van der Waals surface area contributed by atoms with Crippen molar-refractivity contribution in [1.29, 1.82) is 0 Å². The Balaban J connectivity index is 2.77. The molecule has 0 N–H and O–H groups in total. The molecule has 1 aromatic heterocycles. The van der Waals surface area contributed by atoms with Crippen molar-refractivity contribution in [3.05, 3.63) is 45.4 Å². The Bertz CT molecular complexity index is 1000. The van der Waals surface area contributed by atoms with Crippen LogP contribution < -0.4 is 0 Å². The topological polar surface area (TPSA) is 39.1 Å². The van der Waals surface area contributed by atoms with E-state index in [0.717, 1.165) is 43.0 Å². The summed E-state index contributed by atoms with van der Waals surface area (Å²) < 4.78 is 27.1. The Labute approximate surface area is 132 Å². The molecular weight excluding hydrogens is 350 g/mol. The Hall–Kier alpha value is -1.33. The maximum atomic E-state index is 12.3. The Morgan fingerprint density at radius 3 is 2.33 bits per heavy atom. The molecule has 0 spiro atoms. The molecule has 21 heavy (non-hydrogen) atoms. The number of halogens is 1. The van der Waals surface area contributed by atoms with Gasteiger partial charge in [0.25, 0.3) is 0 Å². The van der Waals surface area contributed by atoms with Crippen LogP contribution in [0.4, 0.5) is 0 Å². The zero-order chi connectivity index (χ0) is 15.5. The molecule has 5 heteroatoms. The van der Waals surface area contributed by atoms with Crippen molar-refractivity contribution in [3.8, 4) is 0 Å². The minimum absolute atomic E-state index is 0.729. The van der Waals surface area contributed by atoms with Crippen molar-refractivity contribution in [2.24, 2.45) is 0 Å². The van der Waals surface area contributed by atoms with Crippen molar-refractivity contribution in [1.82, 2.24) is 3.97 Å². The van der Waals surface area contributed by atoms with Gasteiger partial charge in [0.1, 0.15) is 0 Å². The minimum Gasteiger partial charge on any atom is -0.237 e. The van der Waals surface area contributed by atoms with Crippen LogP contribution in [0.3, 0.4) is 0 Å². The van der Waals surface area contributed by atoms with E-state index in [4.69, 9.17) is 0 Å². The van der Waals surface area contributed by atoms with E-state index in [1.165, 1.54) is 10.2 Å². The lowest BCUT2D eigenvalue weighted by molar-refractivity contribution is 0.596. The molecule has 0 aliphatic heterocycles. The third-order valence-electron chi connectivity index (χ3n) is 3.99. The molecule has 0 aliphatic carbocycles. The number of benzene rings is 2. The summed E-state index contributed by atoms with van der Waals surface area (Å²) in [4.78, 5) is 0. The van der Waals surface area contributed by atoms with Crippen molar-refractivity contribution in [2.45, 2.75) is 20.8 Å². The first-order valence-corrected chi connectivity index (χ1v) is 9.27. The van der Waals surface area contributed by atoms with Gasteiger partial charge in [0, 0.05) is 15.2 Å². The van der Waals surface area contributed by atoms with Gasteiger partial charge < -0.3 is 0 Å². The maximum Gasteiger partial charge on any atom is 0.236 e. The van der Waals surface area contributed by atoms with Gasteiger partial charge in [-0.15, -0.1) is 0 Å². The fourth-order valence-electron chi connectivity index (χ4n) is 3.01. The van der Waals surface area contributed by atoms with Gasteiger partial charge in [-0.05, 0) is 55.7 Å². The normalized spacial score (nSPS) is 12.4. The largest absolute Gasteiger partial charge is 0.237 e. The average molecular weight is 366 g/mol. The smallest absolute Gasteiger partial charge is 0.236 e. The second-order valence-electron chi connectivity index (χ2n) is 5.55. The molecule has 1 heterocycles. The van der Waals surface area contributed by atoms with Crippen molar-refractivity contribution < 1.29 is 8.42 Å². The second kappa shape index (κ2) is 4.58. The van der Waals surface area contributed by atoms with Gasteiger partial charge in [-0.2, -0.15) is 0 Å². The van der Waals surface area contributed by atoms with Crippen LogP contribution in [0.1, 0.15) is 16.7 Å². The van der Waals surface area contributed by atoms with Gasteiger partial charge >= 0.3 is 0 Å². The lowest BCUT2D eigenvalue weighted by atomic mass is 10.0. The fourth-order valence-corrected chi connectivity index (χ4v) is 4.45. The van der Waals surface area contributed by atoms with Crippen molar-refractivity contribution >= 4 is 47.8 Å². The SMILES string of the molecule is Cc1cc(C)c2c3cc(Br)ccc3n(S(C)(=O)=O)c2c1C. The van der Waals surface area contributed by atoms with Crippen molar-refractivity contribution in [2.75, 3.05) is 6.26 Å². The van der Waals surface area contributed by atoms with Gasteiger partial charge in [-0.1, -0.05) is 22.0 Å². The highest BCUT2D eigenvalue weighted by molar-refractivity contribution is 9.10. The quantitative estimate of drug-likeness (QED) is 0.645. The molecule has 3 nitrogen and oxygen atoms in total. The summed E-state index contributed by atoms with van der Waals surface area (Å²) in [7, 11) is -3.38. The molecule has 0 saturated carbocycles.